The van der Waals surface area contributed by atoms with E-state index in [1.807, 2.05) is 54.6 Å². The Kier molecular flexibility index (Phi) is 11.0. The van der Waals surface area contributed by atoms with Gasteiger partial charge in [-0.3, -0.25) is 0 Å². The number of anilines is 1. The molecule has 7 nitrogen and oxygen atoms in total. The molecule has 0 amide bonds. The lowest BCUT2D eigenvalue weighted by atomic mass is 9.76. The number of carbonyl (C=O) groups is 1. The number of likely N-dealkylation sites (N-methyl/N-ethyl adjacent to an activating group) is 1. The van der Waals surface area contributed by atoms with E-state index in [0.29, 0.717) is 22.7 Å². The van der Waals surface area contributed by atoms with E-state index in [1.165, 1.54) is 49.8 Å². The van der Waals surface area contributed by atoms with Gasteiger partial charge in [-0.15, -0.1) is 0 Å². The van der Waals surface area contributed by atoms with Gasteiger partial charge in [-0.25, -0.2) is 4.79 Å². The molecule has 0 aromatic heterocycles. The SMILES string of the molecule is CCCCCCCCCOc1ccc(-c2ccc(C(=O)Oc3ccc(N=Nc4ccc5c(c4)C=C[C@]4(O5)N(C)c5ccccc5C4(C)C)cc3)cc2)cc1. The van der Waals surface area contributed by atoms with E-state index >= 15 is 0 Å². The molecule has 1 atom stereocenters. The Hall–Kier alpha value is -5.69. The van der Waals surface area contributed by atoms with Crippen LogP contribution in [0.15, 0.2) is 132 Å². The summed E-state index contributed by atoms with van der Waals surface area (Å²) in [5.74, 6) is 1.69. The number of para-hydroxylation sites is 1. The highest BCUT2D eigenvalue weighted by Gasteiger charge is 2.57. The molecule has 5 aromatic rings. The van der Waals surface area contributed by atoms with Crippen LogP contribution in [0.3, 0.4) is 0 Å². The molecule has 7 heteroatoms. The summed E-state index contributed by atoms with van der Waals surface area (Å²) in [5.41, 5.74) is 6.40. The zero-order valence-corrected chi connectivity index (χ0v) is 31.8. The van der Waals surface area contributed by atoms with Crippen LogP contribution < -0.4 is 19.1 Å². The Labute approximate surface area is 319 Å². The average Bonchev–Trinajstić information content (AvgIpc) is 3.36. The van der Waals surface area contributed by atoms with Gasteiger partial charge >= 0.3 is 5.97 Å². The first-order valence-electron chi connectivity index (χ1n) is 19.2. The van der Waals surface area contributed by atoms with Gasteiger partial charge in [-0.2, -0.15) is 10.2 Å². The standard InChI is InChI=1S/C47H49N3O4/c1-5-6-7-8-9-10-13-32-52-40-25-20-35(21-26-40)34-16-18-36(19-17-34)45(51)53-41-27-22-38(23-28-41)48-49-39-24-29-44-37(33-39)30-31-47(54-44)46(2,3)42-14-11-12-15-43(42)50(47)4/h11-12,14-31,33H,5-10,13,32H2,1-4H3/t47-/m1/s1. The number of carbonyl (C=O) groups excluding carboxylic acids is 1. The fraction of sp³-hybridized carbons (Fsp3) is 0.298. The maximum Gasteiger partial charge on any atom is 0.343 e. The number of esters is 1. The number of hydrogen-bond acceptors (Lipinski definition) is 7. The van der Waals surface area contributed by atoms with Crippen molar-refractivity contribution in [1.29, 1.82) is 0 Å². The average molecular weight is 720 g/mol. The summed E-state index contributed by atoms with van der Waals surface area (Å²) in [6.45, 7) is 7.45. The van der Waals surface area contributed by atoms with Gasteiger partial charge in [0.05, 0.1) is 29.0 Å². The summed E-state index contributed by atoms with van der Waals surface area (Å²) in [6.07, 6.45) is 13.1. The summed E-state index contributed by atoms with van der Waals surface area (Å²) < 4.78 is 18.4. The van der Waals surface area contributed by atoms with E-state index in [0.717, 1.165) is 41.2 Å². The molecule has 0 radical (unpaired) electrons. The molecule has 0 aliphatic carbocycles. The molecule has 0 unspecified atom stereocenters. The Morgan fingerprint density at radius 2 is 1.35 bits per heavy atom. The molecule has 276 valence electrons. The normalized spacial score (nSPS) is 16.6. The number of benzene rings is 5. The van der Waals surface area contributed by atoms with Crippen molar-refractivity contribution >= 4 is 29.1 Å². The molecule has 0 N–H and O–H groups in total. The lowest BCUT2D eigenvalue weighted by molar-refractivity contribution is 0.0582. The third-order valence-corrected chi connectivity index (χ3v) is 10.7. The summed E-state index contributed by atoms with van der Waals surface area (Å²) in [7, 11) is 2.09. The number of unbranched alkanes of at least 4 members (excludes halogenated alkanes) is 6. The second kappa shape index (κ2) is 16.1. The maximum absolute atomic E-state index is 12.9. The molecule has 0 fully saturated rings. The van der Waals surface area contributed by atoms with E-state index in [9.17, 15) is 4.79 Å². The molecule has 0 bridgehead atoms. The minimum Gasteiger partial charge on any atom is -0.494 e. The van der Waals surface area contributed by atoms with Crippen molar-refractivity contribution in [3.8, 4) is 28.4 Å². The van der Waals surface area contributed by atoms with E-state index in [4.69, 9.17) is 14.2 Å². The van der Waals surface area contributed by atoms with Gasteiger partial charge in [0.15, 0.2) is 0 Å². The lowest BCUT2D eigenvalue weighted by Crippen LogP contribution is -2.58. The monoisotopic (exact) mass is 719 g/mol. The highest BCUT2D eigenvalue weighted by atomic mass is 16.5. The molecule has 2 aliphatic rings. The summed E-state index contributed by atoms with van der Waals surface area (Å²) >= 11 is 0. The summed E-state index contributed by atoms with van der Waals surface area (Å²) in [6, 6.07) is 36.9. The Morgan fingerprint density at radius 1 is 0.722 bits per heavy atom. The van der Waals surface area contributed by atoms with Crippen LogP contribution in [0, 0.1) is 0 Å². The highest BCUT2D eigenvalue weighted by molar-refractivity contribution is 5.91. The van der Waals surface area contributed by atoms with E-state index in [2.05, 4.69) is 79.4 Å². The van der Waals surface area contributed by atoms with Crippen LogP contribution in [-0.2, 0) is 5.41 Å². The van der Waals surface area contributed by atoms with Crippen molar-refractivity contribution < 1.29 is 19.0 Å². The van der Waals surface area contributed by atoms with Crippen LogP contribution in [0.25, 0.3) is 17.2 Å². The number of hydrogen-bond donors (Lipinski definition) is 0. The van der Waals surface area contributed by atoms with Crippen LogP contribution >= 0.6 is 0 Å². The van der Waals surface area contributed by atoms with Gasteiger partial charge in [0.25, 0.3) is 0 Å². The lowest BCUT2D eigenvalue weighted by Gasteiger charge is -2.45. The number of fused-ring (bicyclic) bond motifs is 2. The minimum atomic E-state index is -0.628. The highest BCUT2D eigenvalue weighted by Crippen LogP contribution is 2.54. The van der Waals surface area contributed by atoms with Crippen LogP contribution in [-0.4, -0.2) is 25.3 Å². The van der Waals surface area contributed by atoms with Crippen LogP contribution in [0.4, 0.5) is 17.1 Å². The first kappa shape index (κ1) is 36.7. The quantitative estimate of drug-likeness (QED) is 0.0494. The second-order valence-corrected chi connectivity index (χ2v) is 14.7. The third kappa shape index (κ3) is 7.67. The summed E-state index contributed by atoms with van der Waals surface area (Å²) in [5, 5.41) is 8.88. The molecular weight excluding hydrogens is 671 g/mol. The zero-order chi connectivity index (χ0) is 37.5. The molecule has 2 heterocycles. The maximum atomic E-state index is 12.9. The summed E-state index contributed by atoms with van der Waals surface area (Å²) in [4.78, 5) is 15.1. The second-order valence-electron chi connectivity index (χ2n) is 14.7. The number of nitrogens with zero attached hydrogens (tertiary/aromatic N) is 3. The first-order chi connectivity index (χ1) is 26.3. The predicted octanol–water partition coefficient (Wildman–Crippen LogP) is 12.6. The van der Waals surface area contributed by atoms with Gasteiger partial charge in [-0.1, -0.05) is 87.9 Å². The van der Waals surface area contributed by atoms with Gasteiger partial charge < -0.3 is 19.1 Å². The predicted molar refractivity (Wildman–Crippen MR) is 218 cm³/mol. The third-order valence-electron chi connectivity index (χ3n) is 10.7. The molecule has 5 aromatic carbocycles. The van der Waals surface area contributed by atoms with Gasteiger partial charge in [0.2, 0.25) is 5.72 Å². The van der Waals surface area contributed by atoms with E-state index < -0.39 is 11.7 Å². The van der Waals surface area contributed by atoms with E-state index in [1.54, 1.807) is 36.4 Å². The number of ether oxygens (including phenoxy) is 3. The van der Waals surface area contributed by atoms with Crippen LogP contribution in [0.5, 0.6) is 17.2 Å². The van der Waals surface area contributed by atoms with Crippen molar-refractivity contribution in [2.75, 3.05) is 18.6 Å². The van der Waals surface area contributed by atoms with E-state index in [-0.39, 0.29) is 5.41 Å². The number of azo groups is 1. The molecule has 1 spiro atoms. The topological polar surface area (TPSA) is 72.7 Å². The van der Waals surface area contributed by atoms with Gasteiger partial charge in [-0.05, 0) is 122 Å². The molecule has 0 saturated heterocycles. The molecule has 54 heavy (non-hydrogen) atoms. The van der Waals surface area contributed by atoms with Crippen molar-refractivity contribution in [1.82, 2.24) is 0 Å². The van der Waals surface area contributed by atoms with Crippen LogP contribution in [0.1, 0.15) is 87.2 Å². The van der Waals surface area contributed by atoms with Gasteiger partial charge in [0.1, 0.15) is 17.2 Å². The molecule has 0 saturated carbocycles. The smallest absolute Gasteiger partial charge is 0.343 e. The largest absolute Gasteiger partial charge is 0.494 e. The van der Waals surface area contributed by atoms with Crippen LogP contribution in [0.2, 0.25) is 0 Å². The fourth-order valence-corrected chi connectivity index (χ4v) is 7.48. The van der Waals surface area contributed by atoms with Crippen molar-refractivity contribution in [3.63, 3.8) is 0 Å². The molecular formula is C47H49N3O4. The van der Waals surface area contributed by atoms with Crippen molar-refractivity contribution in [2.45, 2.75) is 76.9 Å². The fourth-order valence-electron chi connectivity index (χ4n) is 7.48. The Bertz CT molecular complexity index is 2120. The van der Waals surface area contributed by atoms with Gasteiger partial charge in [0, 0.05) is 18.3 Å². The van der Waals surface area contributed by atoms with Crippen molar-refractivity contribution in [2.24, 2.45) is 10.2 Å². The molecule has 7 rings (SSSR count). The minimum absolute atomic E-state index is 0.258. The molecule has 2 aliphatic heterocycles. The Morgan fingerprint density at radius 3 is 2.07 bits per heavy atom. The first-order valence-corrected chi connectivity index (χ1v) is 19.2. The Balaban J connectivity index is 0.901. The number of rotatable bonds is 14. The van der Waals surface area contributed by atoms with Crippen molar-refractivity contribution in [3.05, 3.63) is 138 Å². The zero-order valence-electron chi connectivity index (χ0n) is 31.8.